The molecule has 0 saturated carbocycles. The molecular formula is C16H34O3S3. The van der Waals surface area contributed by atoms with Crippen LogP contribution < -0.4 is 0 Å². The summed E-state index contributed by atoms with van der Waals surface area (Å²) in [5.74, 6) is 6.06. The molecule has 0 rings (SSSR count). The number of thioether (sulfide) groups is 3. The normalized spacial score (nSPS) is 14.5. The van der Waals surface area contributed by atoms with E-state index in [9.17, 15) is 0 Å². The van der Waals surface area contributed by atoms with E-state index in [1.54, 1.807) is 0 Å². The Kier molecular flexibility index (Phi) is 17.5. The van der Waals surface area contributed by atoms with E-state index in [2.05, 4.69) is 13.8 Å². The molecular weight excluding hydrogens is 336 g/mol. The topological polar surface area (TPSA) is 60.7 Å². The van der Waals surface area contributed by atoms with Gasteiger partial charge in [0.2, 0.25) is 0 Å². The van der Waals surface area contributed by atoms with Crippen molar-refractivity contribution in [3.8, 4) is 0 Å². The zero-order chi connectivity index (χ0) is 16.6. The SMILES string of the molecule is CC(C)C(CCC(CCSCCO)CSCCO)SCCO. The van der Waals surface area contributed by atoms with Gasteiger partial charge in [0.05, 0.1) is 19.8 Å². The Morgan fingerprint density at radius 1 is 0.727 bits per heavy atom. The van der Waals surface area contributed by atoms with E-state index in [1.807, 2.05) is 35.3 Å². The van der Waals surface area contributed by atoms with Gasteiger partial charge in [0, 0.05) is 22.5 Å². The smallest absolute Gasteiger partial charge is 0.0521 e. The Balaban J connectivity index is 4.14. The van der Waals surface area contributed by atoms with Crippen LogP contribution in [-0.4, -0.2) is 69.2 Å². The lowest BCUT2D eigenvalue weighted by Crippen LogP contribution is -2.16. The first-order valence-corrected chi connectivity index (χ1v) is 11.6. The molecule has 0 fully saturated rings. The van der Waals surface area contributed by atoms with E-state index in [1.165, 1.54) is 19.3 Å². The Morgan fingerprint density at radius 3 is 1.95 bits per heavy atom. The van der Waals surface area contributed by atoms with Gasteiger partial charge in [-0.15, -0.1) is 0 Å². The van der Waals surface area contributed by atoms with Crippen molar-refractivity contribution >= 4 is 35.3 Å². The van der Waals surface area contributed by atoms with E-state index >= 15 is 0 Å². The first-order valence-electron chi connectivity index (χ1n) is 8.25. The summed E-state index contributed by atoms with van der Waals surface area (Å²) in [6.45, 7) is 5.32. The van der Waals surface area contributed by atoms with Crippen LogP contribution in [0.2, 0.25) is 0 Å². The Bertz CT molecular complexity index is 231. The number of rotatable bonds is 16. The van der Waals surface area contributed by atoms with Crippen molar-refractivity contribution in [2.75, 3.05) is 48.6 Å². The standard InChI is InChI=1S/C16H34O3S3/c1-14(2)16(22-12-8-19)4-3-15(13-21-11-7-18)5-9-20-10-6-17/h14-19H,3-13H2,1-2H3. The van der Waals surface area contributed by atoms with Crippen molar-refractivity contribution in [3.05, 3.63) is 0 Å². The third kappa shape index (κ3) is 13.4. The van der Waals surface area contributed by atoms with Gasteiger partial charge >= 0.3 is 0 Å². The van der Waals surface area contributed by atoms with E-state index < -0.39 is 0 Å². The molecule has 0 radical (unpaired) electrons. The lowest BCUT2D eigenvalue weighted by atomic mass is 9.97. The third-order valence-electron chi connectivity index (χ3n) is 3.52. The molecule has 22 heavy (non-hydrogen) atoms. The maximum absolute atomic E-state index is 9.01. The van der Waals surface area contributed by atoms with Crippen LogP contribution in [0.1, 0.15) is 33.1 Å². The molecule has 134 valence electrons. The summed E-state index contributed by atoms with van der Waals surface area (Å²) in [6, 6.07) is 0. The van der Waals surface area contributed by atoms with Gasteiger partial charge in [0.1, 0.15) is 0 Å². The molecule has 2 unspecified atom stereocenters. The van der Waals surface area contributed by atoms with Gasteiger partial charge in [-0.05, 0) is 42.6 Å². The highest BCUT2D eigenvalue weighted by Gasteiger charge is 2.17. The van der Waals surface area contributed by atoms with Crippen molar-refractivity contribution in [1.29, 1.82) is 0 Å². The highest BCUT2D eigenvalue weighted by molar-refractivity contribution is 8.00. The lowest BCUT2D eigenvalue weighted by Gasteiger charge is -2.23. The van der Waals surface area contributed by atoms with Crippen LogP contribution in [-0.2, 0) is 0 Å². The molecule has 0 amide bonds. The molecule has 0 heterocycles. The molecule has 3 nitrogen and oxygen atoms in total. The molecule has 2 atom stereocenters. The minimum Gasteiger partial charge on any atom is -0.396 e. The molecule has 0 spiro atoms. The molecule has 3 N–H and O–H groups in total. The molecule has 0 aliphatic carbocycles. The fourth-order valence-electron chi connectivity index (χ4n) is 2.26. The molecule has 0 bridgehead atoms. The lowest BCUT2D eigenvalue weighted by molar-refractivity contribution is 0.321. The monoisotopic (exact) mass is 370 g/mol. The summed E-state index contributed by atoms with van der Waals surface area (Å²) in [5.41, 5.74) is 0. The first kappa shape index (κ1) is 22.9. The van der Waals surface area contributed by atoms with Crippen molar-refractivity contribution < 1.29 is 15.3 Å². The summed E-state index contributed by atoms with van der Waals surface area (Å²) in [6.07, 6.45) is 3.62. The highest BCUT2D eigenvalue weighted by Crippen LogP contribution is 2.28. The van der Waals surface area contributed by atoms with E-state index in [0.717, 1.165) is 28.8 Å². The molecule has 0 saturated heterocycles. The fraction of sp³-hybridized carbons (Fsp3) is 1.00. The van der Waals surface area contributed by atoms with Gasteiger partial charge in [0.15, 0.2) is 0 Å². The molecule has 0 aliphatic heterocycles. The minimum absolute atomic E-state index is 0.262. The summed E-state index contributed by atoms with van der Waals surface area (Å²) in [7, 11) is 0. The third-order valence-corrected chi connectivity index (χ3v) is 7.32. The average molecular weight is 371 g/mol. The molecule has 0 aromatic rings. The van der Waals surface area contributed by atoms with Crippen molar-refractivity contribution in [2.45, 2.75) is 38.4 Å². The molecule has 0 aliphatic rings. The average Bonchev–Trinajstić information content (AvgIpc) is 2.50. The Hall–Kier alpha value is 0.930. The second kappa shape index (κ2) is 16.8. The largest absolute Gasteiger partial charge is 0.396 e. The van der Waals surface area contributed by atoms with Crippen LogP contribution in [0.4, 0.5) is 0 Å². The van der Waals surface area contributed by atoms with Crippen molar-refractivity contribution in [1.82, 2.24) is 0 Å². The van der Waals surface area contributed by atoms with Gasteiger partial charge in [0.25, 0.3) is 0 Å². The van der Waals surface area contributed by atoms with Crippen LogP contribution in [0.25, 0.3) is 0 Å². The summed E-state index contributed by atoms with van der Waals surface area (Å²) in [5, 5.41) is 27.4. The van der Waals surface area contributed by atoms with Crippen LogP contribution in [0.3, 0.4) is 0 Å². The van der Waals surface area contributed by atoms with Crippen LogP contribution in [0.5, 0.6) is 0 Å². The number of hydrogen-bond donors (Lipinski definition) is 3. The number of hydrogen-bond acceptors (Lipinski definition) is 6. The maximum Gasteiger partial charge on any atom is 0.0521 e. The van der Waals surface area contributed by atoms with Gasteiger partial charge < -0.3 is 15.3 Å². The van der Waals surface area contributed by atoms with E-state index in [4.69, 9.17) is 15.3 Å². The highest BCUT2D eigenvalue weighted by atomic mass is 32.2. The van der Waals surface area contributed by atoms with Gasteiger partial charge in [-0.2, -0.15) is 35.3 Å². The van der Waals surface area contributed by atoms with Gasteiger partial charge in [-0.3, -0.25) is 0 Å². The maximum atomic E-state index is 9.01. The minimum atomic E-state index is 0.262. The summed E-state index contributed by atoms with van der Waals surface area (Å²) >= 11 is 5.57. The molecule has 0 aromatic heterocycles. The molecule has 0 aromatic carbocycles. The van der Waals surface area contributed by atoms with E-state index in [-0.39, 0.29) is 19.8 Å². The van der Waals surface area contributed by atoms with Gasteiger partial charge in [-0.25, -0.2) is 0 Å². The molecule has 6 heteroatoms. The van der Waals surface area contributed by atoms with Gasteiger partial charge in [-0.1, -0.05) is 13.8 Å². The predicted molar refractivity (Wildman–Crippen MR) is 104 cm³/mol. The summed E-state index contributed by atoms with van der Waals surface area (Å²) in [4.78, 5) is 0. The van der Waals surface area contributed by atoms with Crippen LogP contribution >= 0.6 is 35.3 Å². The summed E-state index contributed by atoms with van der Waals surface area (Å²) < 4.78 is 0. The Morgan fingerprint density at radius 2 is 1.36 bits per heavy atom. The Labute approximate surface area is 149 Å². The van der Waals surface area contributed by atoms with Crippen LogP contribution in [0, 0.1) is 11.8 Å². The van der Waals surface area contributed by atoms with E-state index in [0.29, 0.717) is 17.1 Å². The number of aliphatic hydroxyl groups excluding tert-OH is 3. The second-order valence-corrected chi connectivity index (χ2v) is 9.47. The van der Waals surface area contributed by atoms with Crippen molar-refractivity contribution in [3.63, 3.8) is 0 Å². The second-order valence-electron chi connectivity index (χ2n) is 5.74. The zero-order valence-corrected chi connectivity index (χ0v) is 16.5. The van der Waals surface area contributed by atoms with Crippen LogP contribution in [0.15, 0.2) is 0 Å². The fourth-order valence-corrected chi connectivity index (χ4v) is 5.15. The first-order chi connectivity index (χ1) is 10.7. The quantitative estimate of drug-likeness (QED) is 0.363. The number of aliphatic hydroxyl groups is 3. The predicted octanol–water partition coefficient (Wildman–Crippen LogP) is 2.97. The van der Waals surface area contributed by atoms with Crippen molar-refractivity contribution in [2.24, 2.45) is 11.8 Å². The zero-order valence-electron chi connectivity index (χ0n) is 14.1.